The molecule has 1 aromatic heterocycles. The highest BCUT2D eigenvalue weighted by atomic mass is 16.2. The van der Waals surface area contributed by atoms with Crippen LogP contribution in [0.2, 0.25) is 0 Å². The monoisotopic (exact) mass is 283 g/mol. The molecular formula is C16H17N3O2. The van der Waals surface area contributed by atoms with E-state index in [9.17, 15) is 9.59 Å². The van der Waals surface area contributed by atoms with E-state index in [1.165, 1.54) is 12.4 Å². The van der Waals surface area contributed by atoms with Crippen molar-refractivity contribution in [2.45, 2.75) is 19.4 Å². The zero-order valence-electron chi connectivity index (χ0n) is 11.7. The van der Waals surface area contributed by atoms with Crippen LogP contribution in [0.15, 0.2) is 48.8 Å². The fourth-order valence-electron chi connectivity index (χ4n) is 1.93. The van der Waals surface area contributed by atoms with Gasteiger partial charge in [0.1, 0.15) is 6.04 Å². The standard InChI is InChI=1S/C16H17N3O2/c1-11-2-4-12(5-3-11)10-14(15(17)20)19-16(21)13-6-8-18-9-7-13/h2-9,14H,10H2,1H3,(H2,17,20)(H,19,21)/t14-/m1/s1. The number of aromatic nitrogens is 1. The molecule has 108 valence electrons. The van der Waals surface area contributed by atoms with Gasteiger partial charge in [-0.2, -0.15) is 0 Å². The molecule has 0 radical (unpaired) electrons. The number of aryl methyl sites for hydroxylation is 1. The van der Waals surface area contributed by atoms with Crippen molar-refractivity contribution < 1.29 is 9.59 Å². The molecule has 0 unspecified atom stereocenters. The third kappa shape index (κ3) is 4.14. The Balaban J connectivity index is 2.07. The number of carbonyl (C=O) groups excluding carboxylic acids is 2. The van der Waals surface area contributed by atoms with Gasteiger partial charge in [0.15, 0.2) is 0 Å². The van der Waals surface area contributed by atoms with Crippen LogP contribution in [-0.4, -0.2) is 22.8 Å². The minimum absolute atomic E-state index is 0.340. The van der Waals surface area contributed by atoms with E-state index in [4.69, 9.17) is 5.73 Å². The maximum Gasteiger partial charge on any atom is 0.252 e. The summed E-state index contributed by atoms with van der Waals surface area (Å²) in [5, 5.41) is 2.65. The highest BCUT2D eigenvalue weighted by Gasteiger charge is 2.19. The Hall–Kier alpha value is -2.69. The van der Waals surface area contributed by atoms with Gasteiger partial charge in [-0.05, 0) is 24.6 Å². The maximum atomic E-state index is 12.1. The van der Waals surface area contributed by atoms with Gasteiger partial charge in [0.25, 0.3) is 5.91 Å². The van der Waals surface area contributed by atoms with Crippen LogP contribution in [0.5, 0.6) is 0 Å². The number of carbonyl (C=O) groups is 2. The summed E-state index contributed by atoms with van der Waals surface area (Å²) in [5.74, 6) is -0.897. The summed E-state index contributed by atoms with van der Waals surface area (Å²) in [6.45, 7) is 1.99. The van der Waals surface area contributed by atoms with E-state index < -0.39 is 11.9 Å². The third-order valence-electron chi connectivity index (χ3n) is 3.15. The first-order valence-corrected chi connectivity index (χ1v) is 6.62. The van der Waals surface area contributed by atoms with Gasteiger partial charge in [-0.15, -0.1) is 0 Å². The Morgan fingerprint density at radius 3 is 2.33 bits per heavy atom. The smallest absolute Gasteiger partial charge is 0.252 e. The lowest BCUT2D eigenvalue weighted by Crippen LogP contribution is -2.45. The van der Waals surface area contributed by atoms with Crippen LogP contribution in [0.25, 0.3) is 0 Å². The van der Waals surface area contributed by atoms with Crippen LogP contribution in [0.4, 0.5) is 0 Å². The summed E-state index contributed by atoms with van der Waals surface area (Å²) in [7, 11) is 0. The number of rotatable bonds is 5. The molecule has 2 amide bonds. The fraction of sp³-hybridized carbons (Fsp3) is 0.188. The molecule has 0 bridgehead atoms. The summed E-state index contributed by atoms with van der Waals surface area (Å²) in [4.78, 5) is 27.4. The Morgan fingerprint density at radius 1 is 1.14 bits per heavy atom. The predicted octanol–water partition coefficient (Wildman–Crippen LogP) is 1.22. The van der Waals surface area contributed by atoms with Crippen molar-refractivity contribution in [2.75, 3.05) is 0 Å². The van der Waals surface area contributed by atoms with E-state index in [0.29, 0.717) is 12.0 Å². The van der Waals surface area contributed by atoms with Crippen molar-refractivity contribution in [3.63, 3.8) is 0 Å². The van der Waals surface area contributed by atoms with Crippen molar-refractivity contribution >= 4 is 11.8 Å². The van der Waals surface area contributed by atoms with Gasteiger partial charge in [-0.25, -0.2) is 0 Å². The molecule has 0 aliphatic heterocycles. The van der Waals surface area contributed by atoms with Crippen LogP contribution in [0, 0.1) is 6.92 Å². The Bertz CT molecular complexity index is 624. The Labute approximate surface area is 123 Å². The van der Waals surface area contributed by atoms with Crippen LogP contribution >= 0.6 is 0 Å². The fourth-order valence-corrected chi connectivity index (χ4v) is 1.93. The number of nitrogens with one attached hydrogen (secondary N) is 1. The summed E-state index contributed by atoms with van der Waals surface area (Å²) in [6, 6.07) is 10.2. The van der Waals surface area contributed by atoms with E-state index in [2.05, 4.69) is 10.3 Å². The largest absolute Gasteiger partial charge is 0.368 e. The summed E-state index contributed by atoms with van der Waals surface area (Å²) in [6.07, 6.45) is 3.41. The van der Waals surface area contributed by atoms with Gasteiger partial charge >= 0.3 is 0 Å². The molecule has 5 heteroatoms. The summed E-state index contributed by atoms with van der Waals surface area (Å²) >= 11 is 0. The zero-order valence-corrected chi connectivity index (χ0v) is 11.7. The van der Waals surface area contributed by atoms with Crippen molar-refractivity contribution in [3.05, 3.63) is 65.5 Å². The number of nitrogens with two attached hydrogens (primary N) is 1. The number of hydrogen-bond donors (Lipinski definition) is 2. The number of pyridine rings is 1. The molecule has 0 saturated carbocycles. The molecule has 21 heavy (non-hydrogen) atoms. The summed E-state index contributed by atoms with van der Waals surface area (Å²) in [5.41, 5.74) is 7.90. The second-order valence-corrected chi connectivity index (χ2v) is 4.85. The summed E-state index contributed by atoms with van der Waals surface area (Å²) < 4.78 is 0. The number of primary amides is 1. The highest BCUT2D eigenvalue weighted by Crippen LogP contribution is 2.07. The van der Waals surface area contributed by atoms with Crippen LogP contribution < -0.4 is 11.1 Å². The first-order valence-electron chi connectivity index (χ1n) is 6.62. The molecule has 2 rings (SSSR count). The third-order valence-corrected chi connectivity index (χ3v) is 3.15. The molecule has 1 heterocycles. The van der Waals surface area contributed by atoms with Crippen molar-refractivity contribution in [1.82, 2.24) is 10.3 Å². The molecular weight excluding hydrogens is 266 g/mol. The van der Waals surface area contributed by atoms with E-state index in [0.717, 1.165) is 11.1 Å². The van der Waals surface area contributed by atoms with Crippen molar-refractivity contribution in [3.8, 4) is 0 Å². The molecule has 0 aliphatic rings. The van der Waals surface area contributed by atoms with E-state index in [-0.39, 0.29) is 5.91 Å². The molecule has 0 saturated heterocycles. The average molecular weight is 283 g/mol. The zero-order chi connectivity index (χ0) is 15.2. The van der Waals surface area contributed by atoms with Crippen LogP contribution in [0.1, 0.15) is 21.5 Å². The second-order valence-electron chi connectivity index (χ2n) is 4.85. The van der Waals surface area contributed by atoms with Gasteiger partial charge in [0, 0.05) is 24.4 Å². The van der Waals surface area contributed by atoms with Crippen LogP contribution in [-0.2, 0) is 11.2 Å². The molecule has 0 spiro atoms. The molecule has 0 aliphatic carbocycles. The SMILES string of the molecule is Cc1ccc(C[C@@H](NC(=O)c2ccncc2)C(N)=O)cc1. The molecule has 0 fully saturated rings. The number of hydrogen-bond acceptors (Lipinski definition) is 3. The minimum atomic E-state index is -0.742. The average Bonchev–Trinajstić information content (AvgIpc) is 2.49. The van der Waals surface area contributed by atoms with Crippen molar-refractivity contribution in [2.24, 2.45) is 5.73 Å². The second kappa shape index (κ2) is 6.65. The topological polar surface area (TPSA) is 85.1 Å². The molecule has 5 nitrogen and oxygen atoms in total. The number of nitrogens with zero attached hydrogens (tertiary/aromatic N) is 1. The first-order chi connectivity index (χ1) is 10.1. The van der Waals surface area contributed by atoms with E-state index in [1.807, 2.05) is 31.2 Å². The maximum absolute atomic E-state index is 12.1. The van der Waals surface area contributed by atoms with Crippen LogP contribution in [0.3, 0.4) is 0 Å². The number of amides is 2. The quantitative estimate of drug-likeness (QED) is 0.865. The predicted molar refractivity (Wildman–Crippen MR) is 79.6 cm³/mol. The van der Waals surface area contributed by atoms with E-state index >= 15 is 0 Å². The number of benzene rings is 1. The molecule has 1 aromatic carbocycles. The normalized spacial score (nSPS) is 11.7. The lowest BCUT2D eigenvalue weighted by molar-refractivity contribution is -0.119. The lowest BCUT2D eigenvalue weighted by Gasteiger charge is -2.15. The van der Waals surface area contributed by atoms with Gasteiger partial charge in [-0.1, -0.05) is 29.8 Å². The van der Waals surface area contributed by atoms with Gasteiger partial charge in [0.2, 0.25) is 5.91 Å². The minimum Gasteiger partial charge on any atom is -0.368 e. The van der Waals surface area contributed by atoms with E-state index in [1.54, 1.807) is 12.1 Å². The van der Waals surface area contributed by atoms with Gasteiger partial charge < -0.3 is 11.1 Å². The molecule has 2 aromatic rings. The lowest BCUT2D eigenvalue weighted by atomic mass is 10.0. The van der Waals surface area contributed by atoms with Crippen molar-refractivity contribution in [1.29, 1.82) is 0 Å². The Kier molecular flexibility index (Phi) is 4.66. The highest BCUT2D eigenvalue weighted by molar-refractivity contribution is 5.97. The Morgan fingerprint density at radius 2 is 1.76 bits per heavy atom. The van der Waals surface area contributed by atoms with Gasteiger partial charge in [-0.3, -0.25) is 14.6 Å². The molecule has 1 atom stereocenters. The molecule has 3 N–H and O–H groups in total. The van der Waals surface area contributed by atoms with Gasteiger partial charge in [0.05, 0.1) is 0 Å². The first kappa shape index (κ1) is 14.7.